The molecule has 0 radical (unpaired) electrons. The van der Waals surface area contributed by atoms with E-state index in [0.29, 0.717) is 11.7 Å². The molecule has 3 heterocycles. The summed E-state index contributed by atoms with van der Waals surface area (Å²) in [4.78, 5) is 8.65. The number of hydrogen-bond acceptors (Lipinski definition) is 5. The van der Waals surface area contributed by atoms with E-state index in [2.05, 4.69) is 37.6 Å². The predicted molar refractivity (Wildman–Crippen MR) is 98.3 cm³/mol. The fourth-order valence-electron chi connectivity index (χ4n) is 3.01. The van der Waals surface area contributed by atoms with Gasteiger partial charge in [-0.05, 0) is 30.8 Å². The molecule has 8 heteroatoms. The first kappa shape index (κ1) is 17.0. The number of nitrogens with zero attached hydrogens (tertiary/aromatic N) is 4. The van der Waals surface area contributed by atoms with Crippen LogP contribution in [-0.4, -0.2) is 71.6 Å². The molecule has 1 saturated heterocycles. The molecule has 1 aromatic rings. The number of hydrogen-bond donors (Lipinski definition) is 2. The van der Waals surface area contributed by atoms with Gasteiger partial charge in [0.1, 0.15) is 12.4 Å². The smallest absolute Gasteiger partial charge is 0.189 e. The van der Waals surface area contributed by atoms with Crippen molar-refractivity contribution >= 4 is 28.7 Å². The number of piperazine rings is 1. The highest BCUT2D eigenvalue weighted by Crippen LogP contribution is 2.23. The molecule has 0 aromatic carbocycles. The van der Waals surface area contributed by atoms with Crippen molar-refractivity contribution in [2.24, 2.45) is 5.10 Å². The molecular formula is C16H23FN6S. The quantitative estimate of drug-likeness (QED) is 0.634. The van der Waals surface area contributed by atoms with Gasteiger partial charge in [-0.1, -0.05) is 0 Å². The molecule has 3 rings (SSSR count). The summed E-state index contributed by atoms with van der Waals surface area (Å²) in [5, 5.41) is 8.50. The number of hydrazone groups is 1. The van der Waals surface area contributed by atoms with Crippen LogP contribution in [0.3, 0.4) is 0 Å². The Morgan fingerprint density at radius 1 is 1.42 bits per heavy atom. The maximum Gasteiger partial charge on any atom is 0.189 e. The highest BCUT2D eigenvalue weighted by molar-refractivity contribution is 7.80. The number of aryl methyl sites for hydroxylation is 1. The summed E-state index contributed by atoms with van der Waals surface area (Å²) in [6.07, 6.45) is 2.61. The Kier molecular flexibility index (Phi) is 5.57. The molecule has 130 valence electrons. The molecule has 24 heavy (non-hydrogen) atoms. The second kappa shape index (κ2) is 7.85. The molecule has 0 spiro atoms. The third-order valence-corrected chi connectivity index (χ3v) is 4.79. The zero-order valence-corrected chi connectivity index (χ0v) is 14.7. The maximum absolute atomic E-state index is 12.4. The van der Waals surface area contributed by atoms with E-state index in [1.807, 2.05) is 6.07 Å². The first-order valence-electron chi connectivity index (χ1n) is 8.28. The third-order valence-electron chi connectivity index (χ3n) is 4.44. The summed E-state index contributed by atoms with van der Waals surface area (Å²) >= 11 is 5.45. The van der Waals surface area contributed by atoms with Crippen molar-refractivity contribution < 1.29 is 4.39 Å². The van der Waals surface area contributed by atoms with Gasteiger partial charge in [0, 0.05) is 51.9 Å². The Bertz CT molecular complexity index is 627. The van der Waals surface area contributed by atoms with E-state index >= 15 is 0 Å². The number of halogens is 1. The lowest BCUT2D eigenvalue weighted by Crippen LogP contribution is -2.51. The standard InChI is InChI=1S/C16H23FN6S/c1-12-2-5-19-15-13(3-6-18-14(12)15)20-21-16(24)23-10-8-22(7-4-17)9-11-23/h2,5,18H,3-4,6-11H2,1H3,(H,21,24)/b20-13-. The van der Waals surface area contributed by atoms with Crippen molar-refractivity contribution in [1.29, 1.82) is 0 Å². The van der Waals surface area contributed by atoms with Crippen LogP contribution in [0.4, 0.5) is 10.1 Å². The maximum atomic E-state index is 12.4. The van der Waals surface area contributed by atoms with Crippen LogP contribution in [0, 0.1) is 6.92 Å². The monoisotopic (exact) mass is 350 g/mol. The van der Waals surface area contributed by atoms with Gasteiger partial charge in [-0.3, -0.25) is 15.3 Å². The molecule has 1 aromatic heterocycles. The highest BCUT2D eigenvalue weighted by atomic mass is 32.1. The van der Waals surface area contributed by atoms with Crippen LogP contribution >= 0.6 is 12.2 Å². The van der Waals surface area contributed by atoms with Crippen molar-refractivity contribution in [2.75, 3.05) is 51.3 Å². The van der Waals surface area contributed by atoms with E-state index < -0.39 is 0 Å². The van der Waals surface area contributed by atoms with E-state index in [1.165, 1.54) is 5.56 Å². The predicted octanol–water partition coefficient (Wildman–Crippen LogP) is 1.37. The van der Waals surface area contributed by atoms with E-state index in [0.717, 1.165) is 56.2 Å². The summed E-state index contributed by atoms with van der Waals surface area (Å²) in [5.74, 6) is 0. The van der Waals surface area contributed by atoms with Crippen molar-refractivity contribution in [3.05, 3.63) is 23.5 Å². The Labute approximate surface area is 147 Å². The number of alkyl halides is 1. The second-order valence-corrected chi connectivity index (χ2v) is 6.41. The van der Waals surface area contributed by atoms with Crippen molar-refractivity contribution in [3.63, 3.8) is 0 Å². The molecular weight excluding hydrogens is 327 g/mol. The SMILES string of the molecule is Cc1ccnc2c1NCC/C2=N/NC(=S)N1CCN(CCF)CC1. The first-order chi connectivity index (χ1) is 11.7. The van der Waals surface area contributed by atoms with Gasteiger partial charge in [0.2, 0.25) is 0 Å². The summed E-state index contributed by atoms with van der Waals surface area (Å²) in [6.45, 7) is 6.37. The molecule has 2 aliphatic heterocycles. The summed E-state index contributed by atoms with van der Waals surface area (Å²) in [5.41, 5.74) is 7.05. The Hall–Kier alpha value is -1.80. The van der Waals surface area contributed by atoms with Gasteiger partial charge in [0.25, 0.3) is 0 Å². The lowest BCUT2D eigenvalue weighted by atomic mass is 10.0. The number of nitrogens with one attached hydrogen (secondary N) is 2. The fourth-order valence-corrected chi connectivity index (χ4v) is 3.24. The van der Waals surface area contributed by atoms with Crippen LogP contribution in [0.15, 0.2) is 17.4 Å². The third kappa shape index (κ3) is 3.81. The van der Waals surface area contributed by atoms with Gasteiger partial charge in [-0.2, -0.15) is 5.10 Å². The van der Waals surface area contributed by atoms with Gasteiger partial charge in [0.15, 0.2) is 5.11 Å². The number of rotatable bonds is 3. The Morgan fingerprint density at radius 2 is 2.21 bits per heavy atom. The number of anilines is 1. The van der Waals surface area contributed by atoms with Crippen LogP contribution in [-0.2, 0) is 0 Å². The van der Waals surface area contributed by atoms with Crippen molar-refractivity contribution in [2.45, 2.75) is 13.3 Å². The molecule has 2 aliphatic rings. The van der Waals surface area contributed by atoms with E-state index in [1.54, 1.807) is 6.20 Å². The summed E-state index contributed by atoms with van der Waals surface area (Å²) in [6, 6.07) is 1.99. The molecule has 0 aliphatic carbocycles. The molecule has 6 nitrogen and oxygen atoms in total. The first-order valence-corrected chi connectivity index (χ1v) is 8.69. The second-order valence-electron chi connectivity index (χ2n) is 6.02. The summed E-state index contributed by atoms with van der Waals surface area (Å²) < 4.78 is 12.4. The Balaban J connectivity index is 1.61. The molecule has 0 bridgehead atoms. The molecule has 0 unspecified atom stereocenters. The van der Waals surface area contributed by atoms with Gasteiger partial charge >= 0.3 is 0 Å². The van der Waals surface area contributed by atoms with Crippen LogP contribution < -0.4 is 10.7 Å². The van der Waals surface area contributed by atoms with Crippen LogP contribution in [0.25, 0.3) is 0 Å². The fraction of sp³-hybridized carbons (Fsp3) is 0.562. The average Bonchev–Trinajstić information content (AvgIpc) is 2.61. The van der Waals surface area contributed by atoms with Gasteiger partial charge in [0.05, 0.1) is 11.4 Å². The van der Waals surface area contributed by atoms with E-state index in [9.17, 15) is 4.39 Å². The van der Waals surface area contributed by atoms with Crippen LogP contribution in [0.1, 0.15) is 17.7 Å². The average molecular weight is 350 g/mol. The van der Waals surface area contributed by atoms with E-state index in [4.69, 9.17) is 12.2 Å². The zero-order chi connectivity index (χ0) is 16.9. The van der Waals surface area contributed by atoms with Gasteiger partial charge in [-0.25, -0.2) is 4.39 Å². The number of pyridine rings is 1. The molecule has 0 atom stereocenters. The summed E-state index contributed by atoms with van der Waals surface area (Å²) in [7, 11) is 0. The van der Waals surface area contributed by atoms with Gasteiger partial charge < -0.3 is 10.2 Å². The molecule has 1 fully saturated rings. The minimum Gasteiger partial charge on any atom is -0.383 e. The largest absolute Gasteiger partial charge is 0.383 e. The minimum atomic E-state index is -0.295. The number of fused-ring (bicyclic) bond motifs is 1. The lowest BCUT2D eigenvalue weighted by molar-refractivity contribution is 0.170. The molecule has 0 amide bonds. The minimum absolute atomic E-state index is 0.295. The van der Waals surface area contributed by atoms with Crippen molar-refractivity contribution in [3.8, 4) is 0 Å². The number of aromatic nitrogens is 1. The lowest BCUT2D eigenvalue weighted by Gasteiger charge is -2.35. The highest BCUT2D eigenvalue weighted by Gasteiger charge is 2.20. The van der Waals surface area contributed by atoms with Gasteiger partial charge in [-0.15, -0.1) is 0 Å². The molecule has 0 saturated carbocycles. The zero-order valence-electron chi connectivity index (χ0n) is 13.9. The normalized spacial score (nSPS) is 19.8. The van der Waals surface area contributed by atoms with Crippen LogP contribution in [0.5, 0.6) is 0 Å². The van der Waals surface area contributed by atoms with Crippen LogP contribution in [0.2, 0.25) is 0 Å². The molecule has 2 N–H and O–H groups in total. The van der Waals surface area contributed by atoms with Crippen molar-refractivity contribution in [1.82, 2.24) is 20.2 Å². The topological polar surface area (TPSA) is 55.8 Å². The van der Waals surface area contributed by atoms with E-state index in [-0.39, 0.29) is 6.67 Å². The number of thiocarbonyl (C=S) groups is 1. The Morgan fingerprint density at radius 3 is 2.96 bits per heavy atom.